The standard InChI is InChI=1S/C15H15NO5/c17-11-6-7-15(14(20)13(11)19)8-12(18)16(15)21-9-10-4-2-1-3-5-10/h1-5,11,17H,6-9H2/t11?,15-/m0/s1. The number of benzene rings is 1. The van der Waals surface area contributed by atoms with E-state index in [-0.39, 0.29) is 31.8 Å². The minimum Gasteiger partial charge on any atom is -0.385 e. The fraction of sp³-hybridized carbons (Fsp3) is 0.400. The Labute approximate surface area is 121 Å². The van der Waals surface area contributed by atoms with Gasteiger partial charge in [0.25, 0.3) is 0 Å². The summed E-state index contributed by atoms with van der Waals surface area (Å²) in [6.45, 7) is 0.151. The average molecular weight is 289 g/mol. The average Bonchev–Trinajstić information content (AvgIpc) is 2.49. The van der Waals surface area contributed by atoms with Crippen LogP contribution in [0.2, 0.25) is 0 Å². The molecular formula is C15H15NO5. The summed E-state index contributed by atoms with van der Waals surface area (Å²) < 4.78 is 0. The molecule has 2 atom stereocenters. The number of carbonyl (C=O) groups excluding carboxylic acids is 3. The lowest BCUT2D eigenvalue weighted by Crippen LogP contribution is -2.71. The summed E-state index contributed by atoms with van der Waals surface area (Å²) in [6.07, 6.45) is -0.865. The number of β-lactam (4-membered cyclic amide) rings is 1. The summed E-state index contributed by atoms with van der Waals surface area (Å²) in [5.74, 6) is -1.88. The number of amides is 1. The zero-order valence-corrected chi connectivity index (χ0v) is 11.3. The summed E-state index contributed by atoms with van der Waals surface area (Å²) in [5, 5.41) is 10.5. The predicted molar refractivity (Wildman–Crippen MR) is 70.7 cm³/mol. The highest BCUT2D eigenvalue weighted by Gasteiger charge is 2.62. The summed E-state index contributed by atoms with van der Waals surface area (Å²) in [6, 6.07) is 9.24. The molecule has 0 bridgehead atoms. The number of nitrogens with zero attached hydrogens (tertiary/aromatic N) is 1. The van der Waals surface area contributed by atoms with E-state index < -0.39 is 23.2 Å². The molecule has 6 nitrogen and oxygen atoms in total. The van der Waals surface area contributed by atoms with E-state index in [1.807, 2.05) is 30.3 Å². The van der Waals surface area contributed by atoms with Crippen LogP contribution in [0.15, 0.2) is 30.3 Å². The van der Waals surface area contributed by atoms with Crippen LogP contribution in [0.4, 0.5) is 0 Å². The van der Waals surface area contributed by atoms with Crippen molar-refractivity contribution < 1.29 is 24.3 Å². The monoisotopic (exact) mass is 289 g/mol. The van der Waals surface area contributed by atoms with Crippen LogP contribution in [0, 0.1) is 0 Å². The Hall–Kier alpha value is -2.05. The fourth-order valence-electron chi connectivity index (χ4n) is 2.81. The topological polar surface area (TPSA) is 83.9 Å². The van der Waals surface area contributed by atoms with Gasteiger partial charge in [-0.2, -0.15) is 0 Å². The van der Waals surface area contributed by atoms with Gasteiger partial charge in [0.1, 0.15) is 18.2 Å². The van der Waals surface area contributed by atoms with Gasteiger partial charge in [-0.05, 0) is 18.4 Å². The third-order valence-electron chi connectivity index (χ3n) is 4.04. The quantitative estimate of drug-likeness (QED) is 0.642. The largest absolute Gasteiger partial charge is 0.385 e. The van der Waals surface area contributed by atoms with Gasteiger partial charge in [0.15, 0.2) is 0 Å². The van der Waals surface area contributed by atoms with Crippen molar-refractivity contribution >= 4 is 17.5 Å². The van der Waals surface area contributed by atoms with Gasteiger partial charge in [0.2, 0.25) is 17.5 Å². The van der Waals surface area contributed by atoms with Crippen LogP contribution in [0.1, 0.15) is 24.8 Å². The highest BCUT2D eigenvalue weighted by molar-refractivity contribution is 6.44. The number of carbonyl (C=O) groups is 3. The van der Waals surface area contributed by atoms with E-state index in [0.717, 1.165) is 10.6 Å². The normalized spacial score (nSPS) is 28.9. The first-order valence-electron chi connectivity index (χ1n) is 6.81. The third-order valence-corrected chi connectivity index (χ3v) is 4.04. The highest BCUT2D eigenvalue weighted by atomic mass is 16.7. The zero-order valence-electron chi connectivity index (χ0n) is 11.3. The minimum absolute atomic E-state index is 0.0287. The van der Waals surface area contributed by atoms with Gasteiger partial charge >= 0.3 is 0 Å². The Morgan fingerprint density at radius 2 is 1.95 bits per heavy atom. The predicted octanol–water partition coefficient (Wildman–Crippen LogP) is 0.382. The molecule has 1 amide bonds. The molecular weight excluding hydrogens is 274 g/mol. The van der Waals surface area contributed by atoms with Crippen molar-refractivity contribution in [2.45, 2.75) is 37.5 Å². The van der Waals surface area contributed by atoms with E-state index in [1.54, 1.807) is 0 Å². The molecule has 1 heterocycles. The maximum Gasteiger partial charge on any atom is 0.250 e. The Kier molecular flexibility index (Phi) is 3.35. The number of hydrogen-bond acceptors (Lipinski definition) is 5. The summed E-state index contributed by atoms with van der Waals surface area (Å²) >= 11 is 0. The number of ketones is 2. The van der Waals surface area contributed by atoms with Gasteiger partial charge in [0, 0.05) is 0 Å². The molecule has 2 fully saturated rings. The van der Waals surface area contributed by atoms with Gasteiger partial charge in [-0.15, -0.1) is 0 Å². The SMILES string of the molecule is O=C1C(=O)[C@]2(CCC1O)CC(=O)N2OCc1ccccc1. The molecule has 1 aliphatic carbocycles. The van der Waals surface area contributed by atoms with E-state index in [0.29, 0.717) is 0 Å². The van der Waals surface area contributed by atoms with E-state index >= 15 is 0 Å². The molecule has 1 aromatic rings. The Bertz CT molecular complexity index is 599. The number of aliphatic hydroxyl groups is 1. The van der Waals surface area contributed by atoms with Gasteiger partial charge in [0.05, 0.1) is 6.42 Å². The molecule has 2 aliphatic rings. The maximum absolute atomic E-state index is 12.1. The van der Waals surface area contributed by atoms with Crippen molar-refractivity contribution in [2.75, 3.05) is 0 Å². The van der Waals surface area contributed by atoms with Crippen molar-refractivity contribution in [1.82, 2.24) is 5.06 Å². The van der Waals surface area contributed by atoms with Crippen LogP contribution in [0.25, 0.3) is 0 Å². The number of hydroxylamine groups is 2. The number of Topliss-reactive ketones (excluding diaryl/α,β-unsaturated/α-hetero) is 2. The second-order valence-corrected chi connectivity index (χ2v) is 5.40. The van der Waals surface area contributed by atoms with Crippen LogP contribution in [-0.2, 0) is 25.8 Å². The van der Waals surface area contributed by atoms with Crippen molar-refractivity contribution in [3.05, 3.63) is 35.9 Å². The molecule has 3 rings (SSSR count). The maximum atomic E-state index is 12.1. The first-order valence-corrected chi connectivity index (χ1v) is 6.81. The smallest absolute Gasteiger partial charge is 0.250 e. The zero-order chi connectivity index (χ0) is 15.0. The molecule has 1 spiro atoms. The Morgan fingerprint density at radius 3 is 2.62 bits per heavy atom. The molecule has 0 radical (unpaired) electrons. The lowest BCUT2D eigenvalue weighted by atomic mass is 9.71. The summed E-state index contributed by atoms with van der Waals surface area (Å²) in [7, 11) is 0. The number of hydrogen-bond donors (Lipinski definition) is 1. The van der Waals surface area contributed by atoms with Crippen LogP contribution in [0.3, 0.4) is 0 Å². The lowest BCUT2D eigenvalue weighted by Gasteiger charge is -2.50. The van der Waals surface area contributed by atoms with Crippen LogP contribution >= 0.6 is 0 Å². The fourth-order valence-corrected chi connectivity index (χ4v) is 2.81. The van der Waals surface area contributed by atoms with E-state index in [1.165, 1.54) is 0 Å². The molecule has 1 saturated heterocycles. The van der Waals surface area contributed by atoms with Crippen molar-refractivity contribution in [3.8, 4) is 0 Å². The molecule has 1 aromatic carbocycles. The molecule has 6 heteroatoms. The van der Waals surface area contributed by atoms with Crippen molar-refractivity contribution in [2.24, 2.45) is 0 Å². The van der Waals surface area contributed by atoms with Gasteiger partial charge in [-0.1, -0.05) is 30.3 Å². The number of rotatable bonds is 3. The molecule has 0 aromatic heterocycles. The minimum atomic E-state index is -1.25. The molecule has 1 unspecified atom stereocenters. The van der Waals surface area contributed by atoms with Crippen molar-refractivity contribution in [3.63, 3.8) is 0 Å². The number of aliphatic hydroxyl groups excluding tert-OH is 1. The van der Waals surface area contributed by atoms with Gasteiger partial charge in [-0.25, -0.2) is 5.06 Å². The first kappa shape index (κ1) is 13.9. The summed E-state index contributed by atoms with van der Waals surface area (Å²) in [4.78, 5) is 41.0. The molecule has 110 valence electrons. The summed E-state index contributed by atoms with van der Waals surface area (Å²) in [5.41, 5.74) is -0.343. The van der Waals surface area contributed by atoms with E-state index in [2.05, 4.69) is 0 Å². The van der Waals surface area contributed by atoms with Gasteiger partial charge < -0.3 is 5.11 Å². The van der Waals surface area contributed by atoms with Crippen molar-refractivity contribution in [1.29, 1.82) is 0 Å². The lowest BCUT2D eigenvalue weighted by molar-refractivity contribution is -0.260. The van der Waals surface area contributed by atoms with Crippen LogP contribution < -0.4 is 0 Å². The van der Waals surface area contributed by atoms with Crippen LogP contribution in [0.5, 0.6) is 0 Å². The molecule has 21 heavy (non-hydrogen) atoms. The Balaban J connectivity index is 1.74. The van der Waals surface area contributed by atoms with E-state index in [9.17, 15) is 19.5 Å². The first-order chi connectivity index (χ1) is 10.0. The van der Waals surface area contributed by atoms with E-state index in [4.69, 9.17) is 4.84 Å². The van der Waals surface area contributed by atoms with Crippen LogP contribution in [-0.4, -0.2) is 39.3 Å². The molecule has 1 saturated carbocycles. The second kappa shape index (κ2) is 5.05. The van der Waals surface area contributed by atoms with Gasteiger partial charge in [-0.3, -0.25) is 19.2 Å². The Morgan fingerprint density at radius 1 is 1.24 bits per heavy atom. The molecule has 1 N–H and O–H groups in total. The third kappa shape index (κ3) is 2.16. The second-order valence-electron chi connectivity index (χ2n) is 5.40. The molecule has 1 aliphatic heterocycles. The highest BCUT2D eigenvalue weighted by Crippen LogP contribution is 2.41.